The molecule has 686 valence electrons. The number of methoxy groups -OCH3 is 4. The minimum Gasteiger partial charge on any atom is -0.385 e. The van der Waals surface area contributed by atoms with Crippen molar-refractivity contribution in [1.82, 2.24) is 59.4 Å². The summed E-state index contributed by atoms with van der Waals surface area (Å²) < 4.78 is 54.4. The fourth-order valence-corrected chi connectivity index (χ4v) is 22.6. The lowest BCUT2D eigenvalue weighted by atomic mass is 9.74. The number of fused-ring (bicyclic) bond motifs is 18. The first-order chi connectivity index (χ1) is 61.1. The number of carbonyl (C=O) groups is 3. The van der Waals surface area contributed by atoms with Crippen molar-refractivity contribution in [1.29, 1.82) is 0 Å². The number of hydrogen-bond acceptors (Lipinski definition) is 18. The summed E-state index contributed by atoms with van der Waals surface area (Å²) in [6.07, 6.45) is 21.7. The molecule has 3 aliphatic carbocycles. The number of aromatic nitrogens is 9. The average molecular weight is 1830 g/mol. The summed E-state index contributed by atoms with van der Waals surface area (Å²) in [7, 11) is 4.58. The van der Waals surface area contributed by atoms with E-state index in [1.165, 1.54) is 55.6 Å². The van der Waals surface area contributed by atoms with Crippen molar-refractivity contribution < 1.29 is 57.0 Å². The van der Waals surface area contributed by atoms with Crippen LogP contribution in [-0.4, -0.2) is 278 Å². The third-order valence-corrected chi connectivity index (χ3v) is 31.4. The molecule has 0 atom stereocenters. The fourth-order valence-electron chi connectivity index (χ4n) is 20.6. The quantitative estimate of drug-likeness (QED) is 0.0142. The number of benzene rings is 3. The van der Waals surface area contributed by atoms with E-state index in [0.717, 1.165) is 291 Å². The van der Waals surface area contributed by atoms with Crippen LogP contribution in [0.25, 0.3) is 66.9 Å². The highest BCUT2D eigenvalue weighted by Crippen LogP contribution is 2.53. The number of aromatic amines is 4. The Morgan fingerprint density at radius 1 is 0.452 bits per heavy atom. The highest BCUT2D eigenvalue weighted by Gasteiger charge is 2.53. The summed E-state index contributed by atoms with van der Waals surface area (Å²) >= 11 is 3.40. The van der Waals surface area contributed by atoms with Crippen molar-refractivity contribution >= 4 is 99.6 Å². The van der Waals surface area contributed by atoms with Gasteiger partial charge in [-0.1, -0.05) is 81.9 Å². The number of anilines is 3. The van der Waals surface area contributed by atoms with Gasteiger partial charge in [-0.05, 0) is 195 Å². The highest BCUT2D eigenvalue weighted by molar-refractivity contribution is 9.09. The standard InChI is InChI=1S/C34H51N5O5Si.C28H37N5O4.C28H40N4O2Si.C6H12BrNO/c1-41-15-9-34(10-16-42-2)28-22-29-27(21-30(28)39(33(34)40)12-11-37-13-17-43-18-14-37)26-8-6-7-25-23-38(36-31(25)32(26)35-29)24-44-19-20-45(3,4)5;1-35-12-6-28(7-13-36-2)22-17-23-21(20-5-3-4-19-18-29-31-25(19)26(20)30-23)16-24(22)33(27(28)34)9-8-32-10-14-37-15-11-32;1-6-11-28(12-7-2)22-16-23-21(15-24(22)30-27(28)33)20-10-8-9-19-17-32(31-25(19)26(20)29-23)18-34-13-14-35(3,4)5;7-1-2-8-3-5-9-6-4-8/h21-23,35H,6-20,24H2,1-5H3;16-18,30H,3-15H2,1-2H3,(H,29,31);15-17,29H,6-14,18H2,1-5H3,(H,30,33);1-6H2. The van der Waals surface area contributed by atoms with Gasteiger partial charge >= 0.3 is 0 Å². The van der Waals surface area contributed by atoms with Crippen molar-refractivity contribution in [2.75, 3.05) is 200 Å². The number of ether oxygens (including phenoxy) is 9. The molecule has 0 saturated carbocycles. The number of hydrogen-bond donors (Lipinski definition) is 5. The van der Waals surface area contributed by atoms with Gasteiger partial charge in [-0.2, -0.15) is 15.3 Å². The minimum absolute atomic E-state index is 0.161. The first-order valence-corrected chi connectivity index (χ1v) is 55.4. The second-order valence-corrected chi connectivity index (χ2v) is 50.5. The Balaban J connectivity index is 0.000000140. The lowest BCUT2D eigenvalue weighted by Gasteiger charge is -2.31. The molecule has 3 saturated heterocycles. The Morgan fingerprint density at radius 3 is 1.26 bits per heavy atom. The molecule has 12 heterocycles. The number of nitrogens with zero attached hydrogens (tertiary/aromatic N) is 10. The van der Waals surface area contributed by atoms with Gasteiger partial charge in [0.25, 0.3) is 0 Å². The van der Waals surface area contributed by atoms with E-state index in [1.807, 2.05) is 25.4 Å². The molecule has 3 amide bonds. The molecule has 0 bridgehead atoms. The SMILES string of the molecule is BrCCN1CCOCC1.CCCC1(CCC)C(=O)Nc2cc3c4c([nH]c3cc21)-c1nn(COCC[Si](C)(C)C)cc1CCC4.COCCC1(CCOC)C(=O)N(CCN2CCOCC2)c2cc3c4c([nH]c3cc21)-c1[nH]ncc1CCC4.COCCC1(CCOC)C(=O)N(CCN2CCOCC2)c2cc3c4c([nH]c3cc21)-c1nn(COCC[Si](C)(C)C)cc1CCC4. The van der Waals surface area contributed by atoms with Crippen LogP contribution >= 0.6 is 15.9 Å². The Morgan fingerprint density at radius 2 is 0.849 bits per heavy atom. The van der Waals surface area contributed by atoms with Crippen molar-refractivity contribution in [3.8, 4) is 34.2 Å². The maximum absolute atomic E-state index is 14.5. The number of nitrogens with one attached hydrogen (secondary N) is 5. The molecule has 0 unspecified atom stereocenters. The van der Waals surface area contributed by atoms with Crippen molar-refractivity contribution in [2.45, 2.75) is 204 Å². The van der Waals surface area contributed by atoms with Gasteiger partial charge in [0.1, 0.15) is 24.8 Å². The molecule has 0 spiro atoms. The number of alkyl halides is 1. The number of carbonyl (C=O) groups excluding carboxylic acids is 3. The second kappa shape index (κ2) is 41.9. The van der Waals surface area contributed by atoms with Crippen LogP contribution in [0.1, 0.15) is 135 Å². The van der Waals surface area contributed by atoms with E-state index in [9.17, 15) is 14.4 Å². The summed E-state index contributed by atoms with van der Waals surface area (Å²) in [6, 6.07) is 15.8. The molecule has 3 aromatic carbocycles. The molecule has 27 nitrogen and oxygen atoms in total. The first-order valence-electron chi connectivity index (χ1n) is 46.8. The normalized spacial score (nSPS) is 18.4. The molecule has 5 N–H and O–H groups in total. The first kappa shape index (κ1) is 93.4. The van der Waals surface area contributed by atoms with E-state index in [2.05, 4.69) is 163 Å². The van der Waals surface area contributed by atoms with Crippen LogP contribution in [0.2, 0.25) is 51.4 Å². The van der Waals surface area contributed by atoms with E-state index in [0.29, 0.717) is 78.7 Å². The molecule has 18 rings (SSSR count). The molecule has 9 aliphatic rings. The number of amides is 3. The van der Waals surface area contributed by atoms with Crippen LogP contribution in [0.4, 0.5) is 17.1 Å². The van der Waals surface area contributed by atoms with Crippen molar-refractivity contribution in [3.05, 3.63) is 105 Å². The molecular weight excluding hydrogens is 1690 g/mol. The molecule has 30 heteroatoms. The zero-order chi connectivity index (χ0) is 88.3. The predicted octanol–water partition coefficient (Wildman–Crippen LogP) is 15.2. The number of aryl methyl sites for hydroxylation is 6. The zero-order valence-corrected chi connectivity index (χ0v) is 80.9. The lowest BCUT2D eigenvalue weighted by molar-refractivity contribution is -0.125. The predicted molar refractivity (Wildman–Crippen MR) is 509 cm³/mol. The molecule has 126 heavy (non-hydrogen) atoms. The number of halogens is 1. The highest BCUT2D eigenvalue weighted by atomic mass is 79.9. The maximum Gasteiger partial charge on any atom is 0.237 e. The molecule has 9 aromatic rings. The summed E-state index contributed by atoms with van der Waals surface area (Å²) in [5.74, 6) is 0.498. The molecule has 6 aromatic heterocycles. The second-order valence-electron chi connectivity index (χ2n) is 38.5. The molecule has 6 aliphatic heterocycles. The molecular formula is C96H140BrN15O12Si2. The van der Waals surface area contributed by atoms with Crippen LogP contribution in [-0.2, 0) is 125 Å². The van der Waals surface area contributed by atoms with E-state index in [-0.39, 0.29) is 17.7 Å². The Hall–Kier alpha value is -7.25. The summed E-state index contributed by atoms with van der Waals surface area (Å²) in [4.78, 5) is 64.4. The van der Waals surface area contributed by atoms with Gasteiger partial charge in [-0.3, -0.25) is 34.2 Å². The van der Waals surface area contributed by atoms with Crippen LogP contribution < -0.4 is 15.1 Å². The maximum atomic E-state index is 14.5. The van der Waals surface area contributed by atoms with Crippen molar-refractivity contribution in [3.63, 3.8) is 0 Å². The largest absolute Gasteiger partial charge is 0.385 e. The van der Waals surface area contributed by atoms with Gasteiger partial charge in [0.05, 0.1) is 84.9 Å². The topological polar surface area (TPSA) is 274 Å². The van der Waals surface area contributed by atoms with E-state index < -0.39 is 32.4 Å². The van der Waals surface area contributed by atoms with Gasteiger partial charge in [0, 0.05) is 224 Å². The Labute approximate surface area is 754 Å². The van der Waals surface area contributed by atoms with Crippen LogP contribution in [0.3, 0.4) is 0 Å². The zero-order valence-electron chi connectivity index (χ0n) is 77.3. The van der Waals surface area contributed by atoms with Crippen LogP contribution in [0.15, 0.2) is 55.0 Å². The van der Waals surface area contributed by atoms with Crippen LogP contribution in [0, 0.1) is 0 Å². The van der Waals surface area contributed by atoms with Gasteiger partial charge < -0.3 is 72.7 Å². The summed E-state index contributed by atoms with van der Waals surface area (Å²) in [5, 5.41) is 25.5. The third-order valence-electron chi connectivity index (χ3n) is 27.7. The fraction of sp³-hybridized carbons (Fsp3) is 0.625. The average Bonchev–Trinajstić information content (AvgIpc) is 1.56. The van der Waals surface area contributed by atoms with E-state index in [4.69, 9.17) is 52.8 Å². The van der Waals surface area contributed by atoms with E-state index in [1.54, 1.807) is 28.4 Å². The number of H-pyrrole nitrogens is 4. The summed E-state index contributed by atoms with van der Waals surface area (Å²) in [5.41, 5.74) is 22.2. The Kier molecular flexibility index (Phi) is 31.1. The summed E-state index contributed by atoms with van der Waals surface area (Å²) in [6.45, 7) is 37.9. The van der Waals surface area contributed by atoms with E-state index >= 15 is 0 Å². The Bertz CT molecular complexity index is 5170. The molecule has 0 radical (unpaired) electrons. The smallest absolute Gasteiger partial charge is 0.237 e. The van der Waals surface area contributed by atoms with Gasteiger partial charge in [-0.15, -0.1) is 0 Å². The van der Waals surface area contributed by atoms with Gasteiger partial charge in [0.2, 0.25) is 17.7 Å². The number of morpholine rings is 3. The van der Waals surface area contributed by atoms with Gasteiger partial charge in [-0.25, -0.2) is 9.36 Å². The molecule has 3 fully saturated rings. The lowest BCUT2D eigenvalue weighted by Crippen LogP contribution is -2.46. The third kappa shape index (κ3) is 20.3. The van der Waals surface area contributed by atoms with Gasteiger partial charge in [0.15, 0.2) is 0 Å². The monoisotopic (exact) mass is 1830 g/mol. The van der Waals surface area contributed by atoms with Crippen molar-refractivity contribution in [2.24, 2.45) is 0 Å². The van der Waals surface area contributed by atoms with Crippen LogP contribution in [0.5, 0.6) is 0 Å². The number of rotatable bonds is 34. The minimum atomic E-state index is -1.14.